The number of carbonyl (C=O) groups is 1. The summed E-state index contributed by atoms with van der Waals surface area (Å²) in [6.07, 6.45) is 2.00. The van der Waals surface area contributed by atoms with Crippen LogP contribution in [0.5, 0.6) is 11.6 Å². The molecule has 0 unspecified atom stereocenters. The zero-order valence-electron chi connectivity index (χ0n) is 15.4. The Bertz CT molecular complexity index is 1080. The van der Waals surface area contributed by atoms with Gasteiger partial charge in [0.1, 0.15) is 12.1 Å². The summed E-state index contributed by atoms with van der Waals surface area (Å²) >= 11 is 0. The van der Waals surface area contributed by atoms with Crippen molar-refractivity contribution in [2.24, 2.45) is 0 Å². The molecule has 0 amide bonds. The monoisotopic (exact) mass is 392 g/mol. The van der Waals surface area contributed by atoms with Gasteiger partial charge in [0, 0.05) is 12.2 Å². The van der Waals surface area contributed by atoms with E-state index in [-0.39, 0.29) is 17.4 Å². The molecule has 0 saturated heterocycles. The third-order valence-corrected chi connectivity index (χ3v) is 4.58. The predicted octanol–water partition coefficient (Wildman–Crippen LogP) is 3.66. The van der Waals surface area contributed by atoms with Crippen LogP contribution in [-0.2, 0) is 11.2 Å². The number of benzene rings is 2. The minimum absolute atomic E-state index is 0.171. The molecule has 0 fully saturated rings. The highest BCUT2D eigenvalue weighted by molar-refractivity contribution is 5.89. The van der Waals surface area contributed by atoms with Gasteiger partial charge in [0.05, 0.1) is 17.6 Å². The summed E-state index contributed by atoms with van der Waals surface area (Å²) in [4.78, 5) is 32.8. The van der Waals surface area contributed by atoms with Crippen LogP contribution in [0.15, 0.2) is 54.9 Å². The summed E-state index contributed by atoms with van der Waals surface area (Å²) in [6, 6.07) is 13.8. The lowest BCUT2D eigenvalue weighted by atomic mass is 10.2. The Kier molecular flexibility index (Phi) is 4.78. The standard InChI is InChI=1S/C20H16N4O5/c1-28-20(25)14-6-8-15(9-7-14)29-19-17(24(26)27)18(21-12-22-19)23-11-10-13-4-2-3-5-16(13)23/h2-9,12H,10-11H2,1H3. The Labute approximate surface area is 165 Å². The van der Waals surface area contributed by atoms with Gasteiger partial charge >= 0.3 is 17.5 Å². The van der Waals surface area contributed by atoms with Gasteiger partial charge in [-0.25, -0.2) is 9.78 Å². The molecule has 9 heteroatoms. The number of rotatable bonds is 5. The topological polar surface area (TPSA) is 108 Å². The number of hydrogen-bond acceptors (Lipinski definition) is 8. The Hall–Kier alpha value is -4.01. The summed E-state index contributed by atoms with van der Waals surface area (Å²) in [5, 5.41) is 11.8. The molecule has 0 spiro atoms. The van der Waals surface area contributed by atoms with Gasteiger partial charge < -0.3 is 14.4 Å². The van der Waals surface area contributed by atoms with Crippen molar-refractivity contribution in [1.82, 2.24) is 9.97 Å². The molecule has 2 heterocycles. The van der Waals surface area contributed by atoms with E-state index in [0.717, 1.165) is 17.7 Å². The fourth-order valence-electron chi connectivity index (χ4n) is 3.23. The maximum Gasteiger partial charge on any atom is 0.373 e. The largest absolute Gasteiger partial charge is 0.465 e. The summed E-state index contributed by atoms with van der Waals surface area (Å²) in [5.74, 6) is -0.182. The molecule has 4 rings (SSSR count). The van der Waals surface area contributed by atoms with Gasteiger partial charge in [-0.1, -0.05) is 18.2 Å². The van der Waals surface area contributed by atoms with Gasteiger partial charge in [-0.15, -0.1) is 0 Å². The normalized spacial score (nSPS) is 12.4. The number of methoxy groups -OCH3 is 1. The molecule has 2 aromatic carbocycles. The average molecular weight is 392 g/mol. The molecule has 29 heavy (non-hydrogen) atoms. The number of carbonyl (C=O) groups excluding carboxylic acids is 1. The highest BCUT2D eigenvalue weighted by atomic mass is 16.6. The number of esters is 1. The number of nitro groups is 1. The number of ether oxygens (including phenoxy) is 2. The van der Waals surface area contributed by atoms with Crippen LogP contribution in [-0.4, -0.2) is 34.5 Å². The minimum Gasteiger partial charge on any atom is -0.465 e. The highest BCUT2D eigenvalue weighted by Crippen LogP contribution is 2.41. The first-order chi connectivity index (χ1) is 14.1. The maximum atomic E-state index is 11.8. The van der Waals surface area contributed by atoms with E-state index < -0.39 is 10.9 Å². The van der Waals surface area contributed by atoms with Crippen molar-refractivity contribution in [2.75, 3.05) is 18.6 Å². The molecule has 9 nitrogen and oxygen atoms in total. The highest BCUT2D eigenvalue weighted by Gasteiger charge is 2.32. The van der Waals surface area contributed by atoms with Gasteiger partial charge in [0.2, 0.25) is 5.82 Å². The van der Waals surface area contributed by atoms with Crippen molar-refractivity contribution in [3.63, 3.8) is 0 Å². The molecule has 1 aromatic heterocycles. The van der Waals surface area contributed by atoms with E-state index in [1.807, 2.05) is 24.3 Å². The van der Waals surface area contributed by atoms with Crippen LogP contribution in [0, 0.1) is 10.1 Å². The van der Waals surface area contributed by atoms with E-state index in [1.165, 1.54) is 37.7 Å². The van der Waals surface area contributed by atoms with Crippen molar-refractivity contribution >= 4 is 23.2 Å². The zero-order chi connectivity index (χ0) is 20.4. The summed E-state index contributed by atoms with van der Waals surface area (Å²) in [6.45, 7) is 0.574. The quantitative estimate of drug-likeness (QED) is 0.368. The Morgan fingerprint density at radius 2 is 1.90 bits per heavy atom. The van der Waals surface area contributed by atoms with E-state index >= 15 is 0 Å². The number of aromatic nitrogens is 2. The predicted molar refractivity (Wildman–Crippen MR) is 104 cm³/mol. The first kappa shape index (κ1) is 18.4. The van der Waals surface area contributed by atoms with Gasteiger partial charge in [0.15, 0.2) is 0 Å². The van der Waals surface area contributed by atoms with E-state index in [2.05, 4.69) is 14.7 Å². The molecule has 3 aromatic rings. The van der Waals surface area contributed by atoms with Crippen molar-refractivity contribution in [3.05, 3.63) is 76.1 Å². The van der Waals surface area contributed by atoms with Gasteiger partial charge in [0.25, 0.3) is 0 Å². The third kappa shape index (κ3) is 3.45. The average Bonchev–Trinajstić information content (AvgIpc) is 3.17. The lowest BCUT2D eigenvalue weighted by Gasteiger charge is -2.18. The molecule has 146 valence electrons. The van der Waals surface area contributed by atoms with E-state index in [0.29, 0.717) is 17.9 Å². The molecule has 0 atom stereocenters. The lowest BCUT2D eigenvalue weighted by Crippen LogP contribution is -2.17. The SMILES string of the molecule is COC(=O)c1ccc(Oc2ncnc(N3CCc4ccccc43)c2[N+](=O)[O-])cc1. The molecule has 0 aliphatic carbocycles. The van der Waals surface area contributed by atoms with Gasteiger partial charge in [-0.05, 0) is 42.3 Å². The van der Waals surface area contributed by atoms with Crippen LogP contribution >= 0.6 is 0 Å². The van der Waals surface area contributed by atoms with Crippen LogP contribution in [0.25, 0.3) is 0 Å². The second-order valence-corrected chi connectivity index (χ2v) is 6.26. The van der Waals surface area contributed by atoms with Crippen molar-refractivity contribution < 1.29 is 19.2 Å². The van der Waals surface area contributed by atoms with Crippen LogP contribution in [0.4, 0.5) is 17.2 Å². The molecule has 0 bridgehead atoms. The summed E-state index contributed by atoms with van der Waals surface area (Å²) in [5.41, 5.74) is 2.00. The first-order valence-electron chi connectivity index (χ1n) is 8.79. The smallest absolute Gasteiger partial charge is 0.373 e. The number of anilines is 2. The van der Waals surface area contributed by atoms with Crippen LogP contribution in [0.3, 0.4) is 0 Å². The van der Waals surface area contributed by atoms with E-state index in [4.69, 9.17) is 4.74 Å². The molecule has 0 saturated carbocycles. The zero-order valence-corrected chi connectivity index (χ0v) is 15.4. The summed E-state index contributed by atoms with van der Waals surface area (Å²) < 4.78 is 10.3. The number of hydrogen-bond donors (Lipinski definition) is 0. The van der Waals surface area contributed by atoms with Crippen molar-refractivity contribution in [1.29, 1.82) is 0 Å². The molecule has 0 radical (unpaired) electrons. The fourth-order valence-corrected chi connectivity index (χ4v) is 3.23. The van der Waals surface area contributed by atoms with E-state index in [1.54, 1.807) is 4.90 Å². The van der Waals surface area contributed by atoms with Crippen molar-refractivity contribution in [3.8, 4) is 11.6 Å². The van der Waals surface area contributed by atoms with Crippen LogP contribution in [0.1, 0.15) is 15.9 Å². The van der Waals surface area contributed by atoms with Crippen molar-refractivity contribution in [2.45, 2.75) is 6.42 Å². The molecule has 1 aliphatic heterocycles. The Morgan fingerprint density at radius 3 is 2.62 bits per heavy atom. The second kappa shape index (κ2) is 7.55. The number of para-hydroxylation sites is 1. The Morgan fingerprint density at radius 1 is 1.14 bits per heavy atom. The molecule has 1 aliphatic rings. The van der Waals surface area contributed by atoms with Crippen LogP contribution < -0.4 is 9.64 Å². The van der Waals surface area contributed by atoms with Crippen LogP contribution in [0.2, 0.25) is 0 Å². The van der Waals surface area contributed by atoms with Gasteiger partial charge in [-0.3, -0.25) is 10.1 Å². The Balaban J connectivity index is 1.70. The van der Waals surface area contributed by atoms with E-state index in [9.17, 15) is 14.9 Å². The third-order valence-electron chi connectivity index (χ3n) is 4.58. The second-order valence-electron chi connectivity index (χ2n) is 6.26. The minimum atomic E-state index is -0.547. The number of nitrogens with zero attached hydrogens (tertiary/aromatic N) is 4. The number of fused-ring (bicyclic) bond motifs is 1. The van der Waals surface area contributed by atoms with Gasteiger partial charge in [-0.2, -0.15) is 4.98 Å². The molecule has 0 N–H and O–H groups in total. The summed E-state index contributed by atoms with van der Waals surface area (Å²) in [7, 11) is 1.29. The first-order valence-corrected chi connectivity index (χ1v) is 8.79. The lowest BCUT2D eigenvalue weighted by molar-refractivity contribution is -0.385. The maximum absolute atomic E-state index is 11.8. The molecular weight excluding hydrogens is 376 g/mol. The molecular formula is C20H16N4O5. The fraction of sp³-hybridized carbons (Fsp3) is 0.150.